The van der Waals surface area contributed by atoms with Crippen LogP contribution in [0.2, 0.25) is 0 Å². The second-order valence-electron chi connectivity index (χ2n) is 3.28. The predicted molar refractivity (Wildman–Crippen MR) is 73.1 cm³/mol. The highest BCUT2D eigenvalue weighted by atomic mass is 79.9. The molecule has 0 spiro atoms. The predicted octanol–water partition coefficient (Wildman–Crippen LogP) is 4.88. The van der Waals surface area contributed by atoms with Crippen molar-refractivity contribution in [2.24, 2.45) is 0 Å². The summed E-state index contributed by atoms with van der Waals surface area (Å²) in [6, 6.07) is 15.0. The SMILES string of the molecule is N#Cc1c(Br)cccc1Oc1ccc(Br)cc1. The number of rotatable bonds is 2. The van der Waals surface area contributed by atoms with Crippen LogP contribution in [0.5, 0.6) is 11.5 Å². The van der Waals surface area contributed by atoms with Crippen LogP contribution < -0.4 is 4.74 Å². The first-order chi connectivity index (χ1) is 8.20. The Hall–Kier alpha value is -1.31. The zero-order chi connectivity index (χ0) is 12.3. The minimum Gasteiger partial charge on any atom is -0.456 e. The van der Waals surface area contributed by atoms with Crippen molar-refractivity contribution in [1.29, 1.82) is 5.26 Å². The van der Waals surface area contributed by atoms with Gasteiger partial charge in [0.05, 0.1) is 0 Å². The molecule has 0 aliphatic rings. The highest BCUT2D eigenvalue weighted by Gasteiger charge is 2.07. The lowest BCUT2D eigenvalue weighted by molar-refractivity contribution is 0.480. The lowest BCUT2D eigenvalue weighted by Crippen LogP contribution is -1.88. The van der Waals surface area contributed by atoms with Gasteiger partial charge in [0.2, 0.25) is 0 Å². The van der Waals surface area contributed by atoms with Gasteiger partial charge in [0.25, 0.3) is 0 Å². The van der Waals surface area contributed by atoms with Crippen molar-refractivity contribution in [1.82, 2.24) is 0 Å². The maximum Gasteiger partial charge on any atom is 0.146 e. The molecular weight excluding hydrogens is 346 g/mol. The van der Waals surface area contributed by atoms with Crippen LogP contribution in [0.25, 0.3) is 0 Å². The number of halogens is 2. The topological polar surface area (TPSA) is 33.0 Å². The molecule has 2 rings (SSSR count). The largest absolute Gasteiger partial charge is 0.456 e. The fourth-order valence-electron chi connectivity index (χ4n) is 1.33. The zero-order valence-corrected chi connectivity index (χ0v) is 11.8. The van der Waals surface area contributed by atoms with Gasteiger partial charge in [-0.25, -0.2) is 0 Å². The lowest BCUT2D eigenvalue weighted by Gasteiger charge is -2.08. The van der Waals surface area contributed by atoms with Gasteiger partial charge in [-0.1, -0.05) is 22.0 Å². The Morgan fingerprint density at radius 2 is 1.71 bits per heavy atom. The van der Waals surface area contributed by atoms with Gasteiger partial charge in [-0.2, -0.15) is 5.26 Å². The van der Waals surface area contributed by atoms with E-state index in [1.807, 2.05) is 36.4 Å². The summed E-state index contributed by atoms with van der Waals surface area (Å²) in [5.74, 6) is 1.24. The molecule has 0 radical (unpaired) electrons. The molecule has 0 amide bonds. The third-order valence-electron chi connectivity index (χ3n) is 2.13. The Balaban J connectivity index is 2.34. The fraction of sp³-hybridized carbons (Fsp3) is 0. The van der Waals surface area contributed by atoms with Crippen LogP contribution in [-0.2, 0) is 0 Å². The molecule has 17 heavy (non-hydrogen) atoms. The van der Waals surface area contributed by atoms with Gasteiger partial charge in [-0.15, -0.1) is 0 Å². The number of ether oxygens (including phenoxy) is 1. The quantitative estimate of drug-likeness (QED) is 0.771. The van der Waals surface area contributed by atoms with Crippen molar-refractivity contribution in [3.63, 3.8) is 0 Å². The zero-order valence-electron chi connectivity index (χ0n) is 8.65. The molecule has 0 saturated carbocycles. The van der Waals surface area contributed by atoms with Crippen LogP contribution in [0.3, 0.4) is 0 Å². The number of benzene rings is 2. The Labute approximate surface area is 116 Å². The molecule has 0 unspecified atom stereocenters. The van der Waals surface area contributed by atoms with E-state index in [2.05, 4.69) is 37.9 Å². The van der Waals surface area contributed by atoms with Crippen LogP contribution in [-0.4, -0.2) is 0 Å². The summed E-state index contributed by atoms with van der Waals surface area (Å²) in [7, 11) is 0. The molecule has 2 aromatic rings. The van der Waals surface area contributed by atoms with E-state index >= 15 is 0 Å². The summed E-state index contributed by atoms with van der Waals surface area (Å²) in [6.07, 6.45) is 0. The number of hydrogen-bond acceptors (Lipinski definition) is 2. The van der Waals surface area contributed by atoms with Crippen LogP contribution in [0.4, 0.5) is 0 Å². The van der Waals surface area contributed by atoms with Crippen LogP contribution in [0.15, 0.2) is 51.4 Å². The average Bonchev–Trinajstić information content (AvgIpc) is 2.32. The van der Waals surface area contributed by atoms with Crippen molar-refractivity contribution in [3.8, 4) is 17.6 Å². The van der Waals surface area contributed by atoms with Gasteiger partial charge in [0.15, 0.2) is 0 Å². The van der Waals surface area contributed by atoms with Gasteiger partial charge in [-0.05, 0) is 52.3 Å². The molecule has 0 aliphatic heterocycles. The molecule has 84 valence electrons. The molecule has 0 N–H and O–H groups in total. The van der Waals surface area contributed by atoms with Crippen LogP contribution >= 0.6 is 31.9 Å². The fourth-order valence-corrected chi connectivity index (χ4v) is 2.03. The highest BCUT2D eigenvalue weighted by Crippen LogP contribution is 2.30. The van der Waals surface area contributed by atoms with E-state index in [4.69, 9.17) is 10.00 Å². The standard InChI is InChI=1S/C13H7Br2NO/c14-9-4-6-10(7-5-9)17-13-3-1-2-12(15)11(13)8-16/h1-7H. The number of nitrogens with zero attached hydrogens (tertiary/aromatic N) is 1. The Morgan fingerprint density at radius 3 is 2.35 bits per heavy atom. The molecule has 2 aromatic carbocycles. The molecule has 0 atom stereocenters. The van der Waals surface area contributed by atoms with E-state index in [-0.39, 0.29) is 0 Å². The summed E-state index contributed by atoms with van der Waals surface area (Å²) in [5.41, 5.74) is 0.496. The van der Waals surface area contributed by atoms with Crippen LogP contribution in [0, 0.1) is 11.3 Å². The first kappa shape index (κ1) is 12.2. The van der Waals surface area contributed by atoms with E-state index in [0.29, 0.717) is 17.1 Å². The van der Waals surface area contributed by atoms with Gasteiger partial charge in [0.1, 0.15) is 23.1 Å². The smallest absolute Gasteiger partial charge is 0.146 e. The lowest BCUT2D eigenvalue weighted by atomic mass is 10.2. The van der Waals surface area contributed by atoms with E-state index in [1.54, 1.807) is 6.07 Å². The Bertz CT molecular complexity index is 573. The minimum absolute atomic E-state index is 0.496. The second kappa shape index (κ2) is 5.35. The first-order valence-corrected chi connectivity index (χ1v) is 6.41. The first-order valence-electron chi connectivity index (χ1n) is 4.83. The van der Waals surface area contributed by atoms with Crippen molar-refractivity contribution >= 4 is 31.9 Å². The average molecular weight is 353 g/mol. The molecule has 0 aliphatic carbocycles. The third-order valence-corrected chi connectivity index (χ3v) is 3.32. The van der Waals surface area contributed by atoms with E-state index < -0.39 is 0 Å². The summed E-state index contributed by atoms with van der Waals surface area (Å²) in [6.45, 7) is 0. The summed E-state index contributed by atoms with van der Waals surface area (Å²) < 4.78 is 7.38. The molecular formula is C13H7Br2NO. The van der Waals surface area contributed by atoms with Crippen molar-refractivity contribution < 1.29 is 4.74 Å². The maximum absolute atomic E-state index is 9.05. The van der Waals surface area contributed by atoms with E-state index in [1.165, 1.54) is 0 Å². The van der Waals surface area contributed by atoms with Gasteiger partial charge in [-0.3, -0.25) is 0 Å². The van der Waals surface area contributed by atoms with E-state index in [9.17, 15) is 0 Å². The van der Waals surface area contributed by atoms with Crippen molar-refractivity contribution in [3.05, 3.63) is 57.0 Å². The highest BCUT2D eigenvalue weighted by molar-refractivity contribution is 9.10. The third kappa shape index (κ3) is 2.87. The number of hydrogen-bond donors (Lipinski definition) is 0. The molecule has 0 bridgehead atoms. The number of nitriles is 1. The Morgan fingerprint density at radius 1 is 1.00 bits per heavy atom. The summed E-state index contributed by atoms with van der Waals surface area (Å²) >= 11 is 6.68. The van der Waals surface area contributed by atoms with Gasteiger partial charge < -0.3 is 4.74 Å². The van der Waals surface area contributed by atoms with E-state index in [0.717, 1.165) is 8.95 Å². The van der Waals surface area contributed by atoms with Gasteiger partial charge in [0, 0.05) is 8.95 Å². The molecule has 0 saturated heterocycles. The molecule has 2 nitrogen and oxygen atoms in total. The maximum atomic E-state index is 9.05. The molecule has 4 heteroatoms. The molecule has 0 fully saturated rings. The Kier molecular flexibility index (Phi) is 3.82. The van der Waals surface area contributed by atoms with Crippen molar-refractivity contribution in [2.45, 2.75) is 0 Å². The van der Waals surface area contributed by atoms with Crippen molar-refractivity contribution in [2.75, 3.05) is 0 Å². The molecule has 0 aromatic heterocycles. The monoisotopic (exact) mass is 351 g/mol. The minimum atomic E-state index is 0.496. The normalized spacial score (nSPS) is 9.71. The van der Waals surface area contributed by atoms with Gasteiger partial charge >= 0.3 is 0 Å². The summed E-state index contributed by atoms with van der Waals surface area (Å²) in [4.78, 5) is 0. The second-order valence-corrected chi connectivity index (χ2v) is 5.05. The summed E-state index contributed by atoms with van der Waals surface area (Å²) in [5, 5.41) is 9.05. The van der Waals surface area contributed by atoms with Crippen LogP contribution in [0.1, 0.15) is 5.56 Å². The molecule has 0 heterocycles.